The number of nitrogens with zero attached hydrogens (tertiary/aromatic N) is 3. The number of rotatable bonds is 5. The quantitative estimate of drug-likeness (QED) is 0.593. The van der Waals surface area contributed by atoms with Crippen molar-refractivity contribution < 1.29 is 4.79 Å². The Kier molecular flexibility index (Phi) is 5.55. The summed E-state index contributed by atoms with van der Waals surface area (Å²) in [5.41, 5.74) is 10.4. The highest BCUT2D eigenvalue weighted by Crippen LogP contribution is 2.28. The second-order valence-corrected chi connectivity index (χ2v) is 6.29. The molecule has 3 aromatic rings. The molecule has 0 fully saturated rings. The number of hydrogen-bond donors (Lipinski definition) is 3. The summed E-state index contributed by atoms with van der Waals surface area (Å²) in [5.74, 6) is 0. The molecule has 7 heteroatoms. The van der Waals surface area contributed by atoms with Crippen LogP contribution in [0.5, 0.6) is 0 Å². The molecule has 0 atom stereocenters. The molecular weight excluding hydrogens is 352 g/mol. The first-order valence-electron chi connectivity index (χ1n) is 8.68. The van der Waals surface area contributed by atoms with E-state index < -0.39 is 0 Å². The van der Waals surface area contributed by atoms with Gasteiger partial charge in [0.25, 0.3) is 0 Å². The van der Waals surface area contributed by atoms with Crippen molar-refractivity contribution in [3.63, 3.8) is 0 Å². The first-order chi connectivity index (χ1) is 13.5. The van der Waals surface area contributed by atoms with E-state index in [-0.39, 0.29) is 6.03 Å². The minimum absolute atomic E-state index is 0.366. The third-order valence-electron chi connectivity index (χ3n) is 4.07. The van der Waals surface area contributed by atoms with Gasteiger partial charge in [0.2, 0.25) is 0 Å². The number of hydrogen-bond acceptors (Lipinski definition) is 4. The summed E-state index contributed by atoms with van der Waals surface area (Å²) in [7, 11) is 1.88. The van der Waals surface area contributed by atoms with E-state index in [4.69, 9.17) is 5.73 Å². The Morgan fingerprint density at radius 2 is 1.96 bits per heavy atom. The van der Waals surface area contributed by atoms with Crippen molar-refractivity contribution in [2.24, 2.45) is 12.8 Å². The Bertz CT molecular complexity index is 1070. The van der Waals surface area contributed by atoms with E-state index in [1.54, 1.807) is 36.0 Å². The van der Waals surface area contributed by atoms with Crippen LogP contribution >= 0.6 is 0 Å². The number of pyridine rings is 1. The molecule has 0 aliphatic heterocycles. The fraction of sp³-hybridized carbons (Fsp3) is 0.0952. The number of allylic oxidation sites excluding steroid dienone is 4. The van der Waals surface area contributed by atoms with Gasteiger partial charge in [-0.25, -0.2) is 4.79 Å². The molecule has 2 aromatic heterocycles. The monoisotopic (exact) mass is 374 g/mol. The topological polar surface area (TPSA) is 97.9 Å². The number of urea groups is 1. The van der Waals surface area contributed by atoms with Crippen molar-refractivity contribution in [3.05, 3.63) is 79.1 Å². The molecule has 0 unspecified atom stereocenters. The predicted octanol–water partition coefficient (Wildman–Crippen LogP) is 3.69. The number of fused-ring (bicyclic) bond motifs is 1. The maximum atomic E-state index is 12.2. The van der Waals surface area contributed by atoms with Crippen molar-refractivity contribution in [1.82, 2.24) is 20.1 Å². The molecule has 142 valence electrons. The van der Waals surface area contributed by atoms with Crippen LogP contribution in [0.4, 0.5) is 10.5 Å². The number of carbonyl (C=O) groups excluding carboxylic acids is 1. The maximum absolute atomic E-state index is 12.2. The van der Waals surface area contributed by atoms with E-state index in [9.17, 15) is 4.79 Å². The minimum Gasteiger partial charge on any atom is -0.402 e. The standard InChI is InChI=1S/C21H22N6O/c1-4-5-17(10-14(2)22)26-21(28)25-16-8-6-15(7-9-16)18-11-23-13-20-19(18)12-24-27(20)3/h4-13H,1,22H2,2-3H3,(H2,25,26,28)/b14-10-,17-5+. The molecule has 1 aromatic carbocycles. The third kappa shape index (κ3) is 4.27. The lowest BCUT2D eigenvalue weighted by Gasteiger charge is -2.10. The van der Waals surface area contributed by atoms with Crippen LogP contribution in [0, 0.1) is 0 Å². The van der Waals surface area contributed by atoms with Gasteiger partial charge in [-0.2, -0.15) is 5.10 Å². The molecule has 2 heterocycles. The van der Waals surface area contributed by atoms with E-state index in [2.05, 4.69) is 27.3 Å². The fourth-order valence-electron chi connectivity index (χ4n) is 2.81. The second-order valence-electron chi connectivity index (χ2n) is 6.29. The van der Waals surface area contributed by atoms with Crippen LogP contribution in [0.1, 0.15) is 6.92 Å². The van der Waals surface area contributed by atoms with Gasteiger partial charge >= 0.3 is 6.03 Å². The number of aryl methyl sites for hydroxylation is 1. The summed E-state index contributed by atoms with van der Waals surface area (Å²) in [5, 5.41) is 10.8. The van der Waals surface area contributed by atoms with Gasteiger partial charge in [-0.05, 0) is 36.8 Å². The Labute approximate surface area is 163 Å². The van der Waals surface area contributed by atoms with Crippen molar-refractivity contribution >= 4 is 22.6 Å². The SMILES string of the molecule is C=C/C=C(\C=C(\C)N)NC(=O)Nc1ccc(-c2cncc3c2cnn3C)cc1. The highest BCUT2D eigenvalue weighted by Gasteiger charge is 2.09. The molecule has 0 aliphatic carbocycles. The molecule has 7 nitrogen and oxygen atoms in total. The number of nitrogens with two attached hydrogens (primary N) is 1. The van der Waals surface area contributed by atoms with Gasteiger partial charge in [-0.15, -0.1) is 0 Å². The number of nitrogens with one attached hydrogen (secondary N) is 2. The number of carbonyl (C=O) groups is 1. The van der Waals surface area contributed by atoms with E-state index >= 15 is 0 Å². The lowest BCUT2D eigenvalue weighted by atomic mass is 10.0. The summed E-state index contributed by atoms with van der Waals surface area (Å²) in [6, 6.07) is 7.18. The Morgan fingerprint density at radius 1 is 1.21 bits per heavy atom. The molecule has 0 spiro atoms. The molecule has 0 bridgehead atoms. The van der Waals surface area contributed by atoms with Gasteiger partial charge in [-0.3, -0.25) is 9.67 Å². The summed E-state index contributed by atoms with van der Waals surface area (Å²) >= 11 is 0. The lowest BCUT2D eigenvalue weighted by molar-refractivity contribution is 0.254. The number of benzene rings is 1. The zero-order chi connectivity index (χ0) is 20.1. The van der Waals surface area contributed by atoms with Crippen LogP contribution < -0.4 is 16.4 Å². The van der Waals surface area contributed by atoms with Crippen LogP contribution in [-0.4, -0.2) is 20.8 Å². The molecule has 0 radical (unpaired) electrons. The average molecular weight is 374 g/mol. The largest absolute Gasteiger partial charge is 0.402 e. The van der Waals surface area contributed by atoms with Crippen molar-refractivity contribution in [2.45, 2.75) is 6.92 Å². The maximum Gasteiger partial charge on any atom is 0.323 e. The average Bonchev–Trinajstić information content (AvgIpc) is 3.03. The van der Waals surface area contributed by atoms with Gasteiger partial charge in [0.15, 0.2) is 0 Å². The Hall–Kier alpha value is -3.87. The van der Waals surface area contributed by atoms with Gasteiger partial charge in [0.1, 0.15) is 0 Å². The predicted molar refractivity (Wildman–Crippen MR) is 112 cm³/mol. The highest BCUT2D eigenvalue weighted by atomic mass is 16.2. The minimum atomic E-state index is -0.366. The molecular formula is C21H22N6O. The van der Waals surface area contributed by atoms with E-state index in [0.29, 0.717) is 17.1 Å². The summed E-state index contributed by atoms with van der Waals surface area (Å²) in [6.07, 6.45) is 10.3. The van der Waals surface area contributed by atoms with Crippen molar-refractivity contribution in [3.8, 4) is 11.1 Å². The van der Waals surface area contributed by atoms with Gasteiger partial charge in [-0.1, -0.05) is 24.8 Å². The molecule has 2 amide bonds. The second kappa shape index (κ2) is 8.22. The smallest absolute Gasteiger partial charge is 0.323 e. The van der Waals surface area contributed by atoms with Crippen LogP contribution in [0.25, 0.3) is 22.0 Å². The van der Waals surface area contributed by atoms with Crippen LogP contribution in [-0.2, 0) is 7.05 Å². The van der Waals surface area contributed by atoms with Gasteiger partial charge < -0.3 is 16.4 Å². The number of anilines is 1. The van der Waals surface area contributed by atoms with Crippen molar-refractivity contribution in [2.75, 3.05) is 5.32 Å². The fourth-order valence-corrected chi connectivity index (χ4v) is 2.81. The molecule has 0 aliphatic rings. The number of amides is 2. The van der Waals surface area contributed by atoms with E-state index in [1.165, 1.54) is 0 Å². The zero-order valence-corrected chi connectivity index (χ0v) is 15.8. The third-order valence-corrected chi connectivity index (χ3v) is 4.07. The Balaban J connectivity index is 1.75. The van der Waals surface area contributed by atoms with E-state index in [1.807, 2.05) is 43.7 Å². The van der Waals surface area contributed by atoms with Crippen molar-refractivity contribution in [1.29, 1.82) is 0 Å². The molecule has 28 heavy (non-hydrogen) atoms. The van der Waals surface area contributed by atoms with Gasteiger partial charge in [0.05, 0.1) is 17.9 Å². The van der Waals surface area contributed by atoms with Crippen LogP contribution in [0.2, 0.25) is 0 Å². The molecule has 4 N–H and O–H groups in total. The first kappa shape index (κ1) is 18.9. The van der Waals surface area contributed by atoms with Gasteiger partial charge in [0, 0.05) is 41.3 Å². The summed E-state index contributed by atoms with van der Waals surface area (Å²) in [4.78, 5) is 16.5. The van der Waals surface area contributed by atoms with Crippen LogP contribution in [0.3, 0.4) is 0 Å². The zero-order valence-electron chi connectivity index (χ0n) is 15.8. The lowest BCUT2D eigenvalue weighted by Crippen LogP contribution is -2.27. The summed E-state index contributed by atoms with van der Waals surface area (Å²) in [6.45, 7) is 5.37. The molecule has 3 rings (SSSR count). The molecule has 0 saturated heterocycles. The normalized spacial score (nSPS) is 12.1. The first-order valence-corrected chi connectivity index (χ1v) is 8.68. The highest BCUT2D eigenvalue weighted by molar-refractivity contribution is 5.95. The summed E-state index contributed by atoms with van der Waals surface area (Å²) < 4.78 is 1.79. The molecule has 0 saturated carbocycles. The van der Waals surface area contributed by atoms with Crippen LogP contribution in [0.15, 0.2) is 79.1 Å². The van der Waals surface area contributed by atoms with E-state index in [0.717, 1.165) is 22.0 Å². The Morgan fingerprint density at radius 3 is 2.64 bits per heavy atom. The number of aromatic nitrogens is 3.